The lowest BCUT2D eigenvalue weighted by molar-refractivity contribution is -0.138. The van der Waals surface area contributed by atoms with E-state index in [-0.39, 0.29) is 18.4 Å². The van der Waals surface area contributed by atoms with Crippen molar-refractivity contribution in [2.24, 2.45) is 5.92 Å². The number of amides is 2. The van der Waals surface area contributed by atoms with E-state index < -0.39 is 35.7 Å². The van der Waals surface area contributed by atoms with Crippen LogP contribution < -0.4 is 5.32 Å². The van der Waals surface area contributed by atoms with E-state index in [0.717, 1.165) is 32.0 Å². The molecule has 0 radical (unpaired) electrons. The highest BCUT2D eigenvalue weighted by Gasteiger charge is 2.50. The Hall–Kier alpha value is -1.88. The summed E-state index contributed by atoms with van der Waals surface area (Å²) in [7, 11) is 0. The van der Waals surface area contributed by atoms with Gasteiger partial charge in [-0.05, 0) is 57.3 Å². The maximum Gasteiger partial charge on any atom is 0.317 e. The van der Waals surface area contributed by atoms with Crippen LogP contribution in [0.1, 0.15) is 82.3 Å². The fourth-order valence-electron chi connectivity index (χ4n) is 6.17. The van der Waals surface area contributed by atoms with Crippen molar-refractivity contribution in [2.75, 3.05) is 32.7 Å². The smallest absolute Gasteiger partial charge is 0.317 e. The second kappa shape index (κ2) is 9.70. The topological polar surface area (TPSA) is 83.7 Å². The number of hydrogen-bond donors (Lipinski definition) is 1. The number of alkyl halides is 3. The van der Waals surface area contributed by atoms with E-state index in [9.17, 15) is 9.18 Å². The highest BCUT2D eigenvalue weighted by atomic mass is 19.3. The van der Waals surface area contributed by atoms with Gasteiger partial charge in [-0.15, -0.1) is 0 Å². The van der Waals surface area contributed by atoms with Crippen molar-refractivity contribution in [1.82, 2.24) is 25.3 Å². The highest BCUT2D eigenvalue weighted by molar-refractivity contribution is 5.75. The summed E-state index contributed by atoms with van der Waals surface area (Å²) >= 11 is 0. The SMILES string of the molecule is CC1(c2noc([C@@H]3C[C@@H]3F)n2)CCN(C(=O)N[C@@H]2[C@@H](O[C@H]3CCN(CC4CC4)C3)CCCC2(F)F)CC1. The Kier molecular flexibility index (Phi) is 6.66. The third-order valence-electron chi connectivity index (χ3n) is 9.08. The van der Waals surface area contributed by atoms with Crippen LogP contribution in [0.5, 0.6) is 0 Å². The molecule has 3 saturated carbocycles. The number of piperidine rings is 1. The molecule has 37 heavy (non-hydrogen) atoms. The zero-order valence-corrected chi connectivity index (χ0v) is 21.5. The van der Waals surface area contributed by atoms with E-state index in [4.69, 9.17) is 9.26 Å². The Bertz CT molecular complexity index is 980. The van der Waals surface area contributed by atoms with Crippen LogP contribution in [-0.2, 0) is 10.2 Å². The van der Waals surface area contributed by atoms with Gasteiger partial charge in [0.15, 0.2) is 5.82 Å². The standard InChI is InChI=1S/C26H38F3N5O3/c1-25(23-31-22(37-32-23)18-13-19(18)27)8-11-34(12-9-25)24(35)30-21-20(3-2-7-26(21,28)29)36-17-6-10-33(15-17)14-16-4-5-16/h16-21H,2-15H2,1H3,(H,30,35)/t17-,18+,19-,20-,21+/m0/s1. The fourth-order valence-corrected chi connectivity index (χ4v) is 6.17. The predicted octanol–water partition coefficient (Wildman–Crippen LogP) is 4.02. The van der Waals surface area contributed by atoms with Gasteiger partial charge in [-0.1, -0.05) is 12.1 Å². The molecule has 2 saturated heterocycles. The van der Waals surface area contributed by atoms with Crippen LogP contribution in [-0.4, -0.2) is 89.0 Å². The van der Waals surface area contributed by atoms with Gasteiger partial charge in [-0.25, -0.2) is 18.0 Å². The molecule has 5 fully saturated rings. The monoisotopic (exact) mass is 525 g/mol. The summed E-state index contributed by atoms with van der Waals surface area (Å²) in [6.45, 7) is 5.61. The lowest BCUT2D eigenvalue weighted by Crippen LogP contribution is -2.61. The van der Waals surface area contributed by atoms with E-state index in [1.54, 1.807) is 4.90 Å². The summed E-state index contributed by atoms with van der Waals surface area (Å²) in [5, 5.41) is 6.74. The summed E-state index contributed by atoms with van der Waals surface area (Å²) in [5.74, 6) is -1.64. The van der Waals surface area contributed by atoms with Gasteiger partial charge in [0.25, 0.3) is 5.92 Å². The first-order valence-corrected chi connectivity index (χ1v) is 14.0. The number of aromatic nitrogens is 2. The Morgan fingerprint density at radius 1 is 1.16 bits per heavy atom. The van der Waals surface area contributed by atoms with E-state index in [1.807, 2.05) is 6.92 Å². The summed E-state index contributed by atoms with van der Waals surface area (Å²) in [4.78, 5) is 21.5. The van der Waals surface area contributed by atoms with Gasteiger partial charge in [0.2, 0.25) is 5.89 Å². The number of ether oxygens (including phenoxy) is 1. The molecule has 5 atom stereocenters. The molecule has 8 nitrogen and oxygen atoms in total. The maximum atomic E-state index is 15.0. The summed E-state index contributed by atoms with van der Waals surface area (Å²) in [6.07, 6.45) is 4.01. The number of carbonyl (C=O) groups excluding carboxylic acids is 1. The maximum absolute atomic E-state index is 15.0. The molecule has 206 valence electrons. The Morgan fingerprint density at radius 3 is 2.62 bits per heavy atom. The molecule has 0 aromatic carbocycles. The van der Waals surface area contributed by atoms with E-state index in [2.05, 4.69) is 20.4 Å². The molecule has 2 amide bonds. The predicted molar refractivity (Wildman–Crippen MR) is 128 cm³/mol. The minimum atomic E-state index is -3.01. The first kappa shape index (κ1) is 25.4. The molecule has 1 aromatic heterocycles. The van der Waals surface area contributed by atoms with Gasteiger partial charge in [0.1, 0.15) is 12.2 Å². The normalized spacial score (nSPS) is 35.5. The molecule has 1 aromatic rings. The van der Waals surface area contributed by atoms with Crippen LogP contribution in [0.3, 0.4) is 0 Å². The molecule has 0 unspecified atom stereocenters. The number of nitrogens with one attached hydrogen (secondary N) is 1. The molecule has 3 heterocycles. The number of halogens is 3. The van der Waals surface area contributed by atoms with Gasteiger partial charge in [0, 0.05) is 44.6 Å². The zero-order valence-electron chi connectivity index (χ0n) is 21.5. The van der Waals surface area contributed by atoms with Gasteiger partial charge in [0.05, 0.1) is 18.1 Å². The van der Waals surface area contributed by atoms with Crippen LogP contribution in [0, 0.1) is 5.92 Å². The minimum absolute atomic E-state index is 0.0593. The fraction of sp³-hybridized carbons (Fsp3) is 0.885. The van der Waals surface area contributed by atoms with Gasteiger partial charge < -0.3 is 24.4 Å². The highest BCUT2D eigenvalue weighted by Crippen LogP contribution is 2.44. The molecule has 3 aliphatic carbocycles. The molecular formula is C26H38F3N5O3. The second-order valence-corrected chi connectivity index (χ2v) is 12.2. The number of likely N-dealkylation sites (tertiary alicyclic amines) is 2. The Morgan fingerprint density at radius 2 is 1.92 bits per heavy atom. The summed E-state index contributed by atoms with van der Waals surface area (Å²) in [5.41, 5.74) is -0.408. The van der Waals surface area contributed by atoms with Crippen LogP contribution in [0.4, 0.5) is 18.0 Å². The van der Waals surface area contributed by atoms with Crippen LogP contribution in [0.25, 0.3) is 0 Å². The molecule has 1 N–H and O–H groups in total. The summed E-state index contributed by atoms with van der Waals surface area (Å²) in [6, 6.07) is -1.80. The molecular weight excluding hydrogens is 487 g/mol. The van der Waals surface area contributed by atoms with Crippen molar-refractivity contribution < 1.29 is 27.2 Å². The third-order valence-corrected chi connectivity index (χ3v) is 9.08. The van der Waals surface area contributed by atoms with Gasteiger partial charge in [-0.3, -0.25) is 0 Å². The van der Waals surface area contributed by atoms with E-state index >= 15 is 8.78 Å². The molecule has 2 aliphatic heterocycles. The van der Waals surface area contributed by atoms with Crippen molar-refractivity contribution >= 4 is 6.03 Å². The number of carbonyl (C=O) groups is 1. The van der Waals surface area contributed by atoms with Gasteiger partial charge >= 0.3 is 6.03 Å². The van der Waals surface area contributed by atoms with Crippen LogP contribution in [0.15, 0.2) is 4.52 Å². The van der Waals surface area contributed by atoms with Crippen LogP contribution >= 0.6 is 0 Å². The quantitative estimate of drug-likeness (QED) is 0.579. The minimum Gasteiger partial charge on any atom is -0.371 e. The third kappa shape index (κ3) is 5.48. The Balaban J connectivity index is 1.04. The molecule has 5 aliphatic rings. The van der Waals surface area contributed by atoms with Crippen molar-refractivity contribution in [3.63, 3.8) is 0 Å². The largest absolute Gasteiger partial charge is 0.371 e. The zero-order chi connectivity index (χ0) is 25.8. The van der Waals surface area contributed by atoms with Crippen molar-refractivity contribution in [2.45, 2.75) is 106 Å². The average molecular weight is 526 g/mol. The first-order chi connectivity index (χ1) is 17.7. The average Bonchev–Trinajstić information content (AvgIpc) is 3.70. The number of urea groups is 1. The van der Waals surface area contributed by atoms with Crippen molar-refractivity contribution in [3.8, 4) is 0 Å². The number of nitrogens with zero attached hydrogens (tertiary/aromatic N) is 4. The Labute approximate surface area is 215 Å². The number of rotatable bonds is 7. The van der Waals surface area contributed by atoms with Crippen molar-refractivity contribution in [3.05, 3.63) is 11.7 Å². The molecule has 0 bridgehead atoms. The second-order valence-electron chi connectivity index (χ2n) is 12.2. The lowest BCUT2D eigenvalue weighted by atomic mass is 9.79. The van der Waals surface area contributed by atoms with Crippen molar-refractivity contribution in [1.29, 1.82) is 0 Å². The van der Waals surface area contributed by atoms with E-state index in [0.29, 0.717) is 56.9 Å². The number of hydrogen-bond acceptors (Lipinski definition) is 6. The van der Waals surface area contributed by atoms with Gasteiger partial charge in [-0.2, -0.15) is 4.98 Å². The molecule has 11 heteroatoms. The summed E-state index contributed by atoms with van der Waals surface area (Å²) < 4.78 is 55.0. The molecule has 0 spiro atoms. The lowest BCUT2D eigenvalue weighted by Gasteiger charge is -2.42. The molecule has 6 rings (SSSR count). The first-order valence-electron chi connectivity index (χ1n) is 14.0. The van der Waals surface area contributed by atoms with Crippen LogP contribution in [0.2, 0.25) is 0 Å². The van der Waals surface area contributed by atoms with E-state index in [1.165, 1.54) is 12.8 Å².